The maximum absolute atomic E-state index is 12.7. The van der Waals surface area contributed by atoms with Gasteiger partial charge in [-0.3, -0.25) is 4.79 Å². The number of methoxy groups -OCH3 is 1. The Morgan fingerprint density at radius 1 is 1.40 bits per heavy atom. The number of carbonyl (C=O) groups is 1. The Kier molecular flexibility index (Phi) is 4.90. The highest BCUT2D eigenvalue weighted by atomic mass is 32.2. The number of ether oxygens (including phenoxy) is 1. The minimum Gasteiger partial charge on any atom is -0.375 e. The summed E-state index contributed by atoms with van der Waals surface area (Å²) in [6.45, 7) is 6.30. The van der Waals surface area contributed by atoms with E-state index >= 15 is 0 Å². The van der Waals surface area contributed by atoms with Gasteiger partial charge in [-0.05, 0) is 43.2 Å². The summed E-state index contributed by atoms with van der Waals surface area (Å²) in [5.74, 6) is 0.328. The van der Waals surface area contributed by atoms with Crippen molar-refractivity contribution in [2.24, 2.45) is 16.7 Å². The summed E-state index contributed by atoms with van der Waals surface area (Å²) in [5, 5.41) is 0. The van der Waals surface area contributed by atoms with Gasteiger partial charge in [-0.2, -0.15) is 0 Å². The molecule has 2 bridgehead atoms. The van der Waals surface area contributed by atoms with E-state index in [0.29, 0.717) is 18.8 Å². The van der Waals surface area contributed by atoms with Crippen LogP contribution in [0.5, 0.6) is 0 Å². The fraction of sp³-hybridized carbons (Fsp3) is 0.722. The second-order valence-corrected chi connectivity index (χ2v) is 11.1. The molecule has 1 heterocycles. The van der Waals surface area contributed by atoms with Gasteiger partial charge in [0.05, 0.1) is 5.75 Å². The molecule has 25 heavy (non-hydrogen) atoms. The van der Waals surface area contributed by atoms with Crippen LogP contribution in [0.3, 0.4) is 0 Å². The molecule has 0 saturated heterocycles. The summed E-state index contributed by atoms with van der Waals surface area (Å²) in [5.41, 5.74) is -0.976. The van der Waals surface area contributed by atoms with Gasteiger partial charge in [-0.15, -0.1) is 11.3 Å². The molecule has 0 amide bonds. The monoisotopic (exact) mass is 385 g/mol. The van der Waals surface area contributed by atoms with Gasteiger partial charge in [0, 0.05) is 35.2 Å². The third kappa shape index (κ3) is 3.20. The third-order valence-electron chi connectivity index (χ3n) is 6.43. The van der Waals surface area contributed by atoms with Crippen molar-refractivity contribution in [3.63, 3.8) is 0 Å². The van der Waals surface area contributed by atoms with Crippen molar-refractivity contribution in [3.8, 4) is 0 Å². The molecule has 0 aliphatic heterocycles. The van der Waals surface area contributed by atoms with Gasteiger partial charge in [0.1, 0.15) is 11.9 Å². The molecule has 2 saturated carbocycles. The number of hydrogen-bond donors (Lipinski definition) is 1. The molecule has 1 aromatic heterocycles. The van der Waals surface area contributed by atoms with Crippen molar-refractivity contribution < 1.29 is 17.9 Å². The molecule has 140 valence electrons. The molecule has 2 fully saturated rings. The lowest BCUT2D eigenvalue weighted by molar-refractivity contribution is -0.128. The van der Waals surface area contributed by atoms with Crippen molar-refractivity contribution in [3.05, 3.63) is 21.9 Å². The second-order valence-electron chi connectivity index (χ2n) is 7.95. The van der Waals surface area contributed by atoms with Crippen LogP contribution < -0.4 is 4.72 Å². The number of Topliss-reactive ketones (excluding diaryl/α,β-unsaturated/α-hetero) is 1. The normalized spacial score (nSPS) is 29.3. The molecule has 1 aromatic rings. The van der Waals surface area contributed by atoms with Gasteiger partial charge in [0.15, 0.2) is 0 Å². The molecule has 2 aliphatic carbocycles. The van der Waals surface area contributed by atoms with Gasteiger partial charge in [0.25, 0.3) is 0 Å². The minimum absolute atomic E-state index is 0.109. The molecule has 3 rings (SSSR count). The second kappa shape index (κ2) is 6.44. The average molecular weight is 386 g/mol. The molecule has 7 heteroatoms. The predicted molar refractivity (Wildman–Crippen MR) is 99.2 cm³/mol. The van der Waals surface area contributed by atoms with Crippen molar-refractivity contribution in [1.29, 1.82) is 0 Å². The number of fused-ring (bicyclic) bond motifs is 2. The Hall–Kier alpha value is -0.760. The van der Waals surface area contributed by atoms with Crippen LogP contribution in [-0.4, -0.2) is 33.6 Å². The summed E-state index contributed by atoms with van der Waals surface area (Å²) >= 11 is 1.60. The van der Waals surface area contributed by atoms with Crippen molar-refractivity contribution in [2.75, 3.05) is 19.4 Å². The summed E-state index contributed by atoms with van der Waals surface area (Å²) < 4.78 is 33.6. The fourth-order valence-corrected chi connectivity index (χ4v) is 7.40. The average Bonchev–Trinajstić information content (AvgIpc) is 3.09. The first kappa shape index (κ1) is 19.0. The molecular formula is C18H27NO4S2. The Balaban J connectivity index is 1.71. The smallest absolute Gasteiger partial charge is 0.212 e. The van der Waals surface area contributed by atoms with E-state index in [2.05, 4.69) is 18.6 Å². The van der Waals surface area contributed by atoms with Gasteiger partial charge in [0.2, 0.25) is 10.0 Å². The SMILES string of the molecule is CO[C@H](CNS(=O)(=O)C[C@@]12CC[C@H](CC1=O)C2(C)C)c1ccc(C)s1. The molecule has 1 N–H and O–H groups in total. The highest BCUT2D eigenvalue weighted by Crippen LogP contribution is 2.64. The largest absolute Gasteiger partial charge is 0.375 e. The van der Waals surface area contributed by atoms with E-state index in [1.807, 2.05) is 19.1 Å². The number of ketones is 1. The zero-order chi connectivity index (χ0) is 18.5. The minimum atomic E-state index is -3.57. The van der Waals surface area contributed by atoms with E-state index in [1.54, 1.807) is 18.4 Å². The van der Waals surface area contributed by atoms with Crippen LogP contribution in [0.4, 0.5) is 0 Å². The topological polar surface area (TPSA) is 72.5 Å². The lowest BCUT2D eigenvalue weighted by Crippen LogP contribution is -2.45. The summed E-state index contributed by atoms with van der Waals surface area (Å²) in [4.78, 5) is 14.7. The molecule has 0 unspecified atom stereocenters. The molecular weight excluding hydrogens is 358 g/mol. The van der Waals surface area contributed by atoms with Crippen LogP contribution >= 0.6 is 11.3 Å². The maximum atomic E-state index is 12.7. The molecule has 5 nitrogen and oxygen atoms in total. The van der Waals surface area contributed by atoms with Gasteiger partial charge < -0.3 is 4.74 Å². The van der Waals surface area contributed by atoms with Crippen LogP contribution in [0.2, 0.25) is 0 Å². The van der Waals surface area contributed by atoms with Gasteiger partial charge in [-0.25, -0.2) is 13.1 Å². The number of rotatable bonds is 7. The van der Waals surface area contributed by atoms with E-state index in [1.165, 1.54) is 0 Å². The van der Waals surface area contributed by atoms with E-state index in [9.17, 15) is 13.2 Å². The molecule has 0 spiro atoms. The molecule has 0 radical (unpaired) electrons. The molecule has 0 aromatic carbocycles. The Bertz CT molecular complexity index is 768. The number of nitrogens with one attached hydrogen (secondary N) is 1. The van der Waals surface area contributed by atoms with Crippen LogP contribution in [-0.2, 0) is 19.6 Å². The van der Waals surface area contributed by atoms with Crippen LogP contribution in [0.1, 0.15) is 49.0 Å². The van der Waals surface area contributed by atoms with Gasteiger partial charge in [-0.1, -0.05) is 13.8 Å². The van der Waals surface area contributed by atoms with Crippen molar-refractivity contribution >= 4 is 27.1 Å². The fourth-order valence-electron chi connectivity index (χ4n) is 4.61. The third-order valence-corrected chi connectivity index (χ3v) is 9.00. The first-order valence-electron chi connectivity index (χ1n) is 8.71. The lowest BCUT2D eigenvalue weighted by atomic mass is 9.70. The zero-order valence-electron chi connectivity index (χ0n) is 15.3. The standard InChI is InChI=1S/C18H27NO4S2/c1-12-5-6-15(24-12)14(23-4)10-19-25(21,22)11-18-8-7-13(9-16(18)20)17(18,2)3/h5-6,13-14,19H,7-11H2,1-4H3/t13-,14-,18+/m1/s1. The summed E-state index contributed by atoms with van der Waals surface area (Å²) in [6, 6.07) is 3.96. The Morgan fingerprint density at radius 2 is 2.12 bits per heavy atom. The highest BCUT2D eigenvalue weighted by Gasteiger charge is 2.65. The first-order chi connectivity index (χ1) is 11.6. The Labute approximate surface area is 154 Å². The van der Waals surface area contributed by atoms with Crippen molar-refractivity contribution in [2.45, 2.75) is 46.1 Å². The van der Waals surface area contributed by atoms with Gasteiger partial charge >= 0.3 is 0 Å². The van der Waals surface area contributed by atoms with E-state index in [-0.39, 0.29) is 29.6 Å². The predicted octanol–water partition coefficient (Wildman–Crippen LogP) is 3.06. The Morgan fingerprint density at radius 3 is 2.60 bits per heavy atom. The highest BCUT2D eigenvalue weighted by molar-refractivity contribution is 7.89. The quantitative estimate of drug-likeness (QED) is 0.783. The first-order valence-corrected chi connectivity index (χ1v) is 11.2. The summed E-state index contributed by atoms with van der Waals surface area (Å²) in [7, 11) is -1.98. The van der Waals surface area contributed by atoms with Crippen LogP contribution in [0.25, 0.3) is 0 Å². The molecule has 2 aliphatic rings. The molecule has 3 atom stereocenters. The maximum Gasteiger partial charge on any atom is 0.212 e. The van der Waals surface area contributed by atoms with Crippen molar-refractivity contribution in [1.82, 2.24) is 4.72 Å². The zero-order valence-corrected chi connectivity index (χ0v) is 16.9. The van der Waals surface area contributed by atoms with Crippen LogP contribution in [0, 0.1) is 23.7 Å². The van der Waals surface area contributed by atoms with E-state index in [0.717, 1.165) is 16.2 Å². The van der Waals surface area contributed by atoms with Crippen LogP contribution in [0.15, 0.2) is 12.1 Å². The number of aryl methyl sites for hydroxylation is 1. The number of hydrogen-bond acceptors (Lipinski definition) is 5. The van der Waals surface area contributed by atoms with E-state index in [4.69, 9.17) is 4.74 Å². The number of carbonyl (C=O) groups excluding carboxylic acids is 1. The number of sulfonamides is 1. The summed E-state index contributed by atoms with van der Waals surface area (Å²) in [6.07, 6.45) is 1.85. The lowest BCUT2D eigenvalue weighted by Gasteiger charge is -2.36. The van der Waals surface area contributed by atoms with E-state index < -0.39 is 15.4 Å². The number of thiophene rings is 1.